The maximum atomic E-state index is 6.70. The highest BCUT2D eigenvalue weighted by molar-refractivity contribution is 6.31. The van der Waals surface area contributed by atoms with Crippen molar-refractivity contribution in [3.05, 3.63) is 40.5 Å². The molecule has 2 saturated heterocycles. The average Bonchev–Trinajstić information content (AvgIpc) is 2.90. The number of rotatable bonds is 4. The maximum absolute atomic E-state index is 6.70. The molecule has 0 amide bonds. The number of nitrogens with two attached hydrogens (primary N) is 1. The van der Waals surface area contributed by atoms with E-state index in [-0.39, 0.29) is 18.1 Å². The Labute approximate surface area is 170 Å². The molecule has 2 aromatic rings. The third-order valence-electron chi connectivity index (χ3n) is 5.31. The van der Waals surface area contributed by atoms with Gasteiger partial charge in [-0.1, -0.05) is 17.7 Å². The van der Waals surface area contributed by atoms with E-state index in [1.165, 1.54) is 0 Å². The molecule has 3 N–H and O–H groups in total. The Balaban J connectivity index is 1.62. The lowest BCUT2D eigenvalue weighted by atomic mass is 10.0. The summed E-state index contributed by atoms with van der Waals surface area (Å²) in [6.45, 7) is 6.77. The van der Waals surface area contributed by atoms with Crippen LogP contribution in [0.3, 0.4) is 0 Å². The van der Waals surface area contributed by atoms with Crippen molar-refractivity contribution in [1.82, 2.24) is 9.97 Å². The van der Waals surface area contributed by atoms with Crippen molar-refractivity contribution >= 4 is 29.1 Å². The fraction of sp³-hybridized carbons (Fsp3) is 0.500. The number of benzene rings is 1. The monoisotopic (exact) mass is 403 g/mol. The van der Waals surface area contributed by atoms with E-state index in [4.69, 9.17) is 26.8 Å². The Morgan fingerprint density at radius 3 is 2.79 bits per heavy atom. The molecule has 3 heterocycles. The largest absolute Gasteiger partial charge is 0.379 e. The van der Waals surface area contributed by atoms with Crippen molar-refractivity contribution in [3.8, 4) is 0 Å². The summed E-state index contributed by atoms with van der Waals surface area (Å²) in [5.41, 5.74) is 8.75. The summed E-state index contributed by atoms with van der Waals surface area (Å²) >= 11 is 6.70. The fourth-order valence-corrected chi connectivity index (χ4v) is 3.98. The molecule has 8 heteroatoms. The molecule has 7 nitrogen and oxygen atoms in total. The van der Waals surface area contributed by atoms with Crippen LogP contribution in [-0.4, -0.2) is 48.5 Å². The summed E-state index contributed by atoms with van der Waals surface area (Å²) in [5, 5.41) is 4.18. The lowest BCUT2D eigenvalue weighted by Gasteiger charge is -2.35. The first-order valence-corrected chi connectivity index (χ1v) is 10.0. The zero-order valence-corrected chi connectivity index (χ0v) is 16.9. The van der Waals surface area contributed by atoms with Crippen LogP contribution < -0.4 is 16.0 Å². The number of hydrogen-bond donors (Lipinski definition) is 2. The van der Waals surface area contributed by atoms with Crippen LogP contribution in [-0.2, 0) is 9.47 Å². The van der Waals surface area contributed by atoms with E-state index < -0.39 is 0 Å². The molecule has 1 aromatic heterocycles. The van der Waals surface area contributed by atoms with E-state index in [0.717, 1.165) is 42.3 Å². The Bertz CT molecular complexity index is 829. The number of aromatic nitrogens is 2. The number of ether oxygens (including phenoxy) is 2. The van der Waals surface area contributed by atoms with E-state index in [1.54, 1.807) is 0 Å². The summed E-state index contributed by atoms with van der Waals surface area (Å²) < 4.78 is 11.3. The first kappa shape index (κ1) is 19.2. The van der Waals surface area contributed by atoms with Crippen LogP contribution in [0.2, 0.25) is 5.02 Å². The number of halogens is 1. The van der Waals surface area contributed by atoms with Gasteiger partial charge in [0.25, 0.3) is 0 Å². The number of hydrogen-bond acceptors (Lipinski definition) is 7. The number of nitrogens with one attached hydrogen (secondary N) is 1. The minimum atomic E-state index is -0.0382. The first-order valence-electron chi connectivity index (χ1n) is 9.64. The van der Waals surface area contributed by atoms with Crippen LogP contribution in [0.4, 0.5) is 17.5 Å². The van der Waals surface area contributed by atoms with Crippen LogP contribution in [0.15, 0.2) is 24.3 Å². The predicted octanol–water partition coefficient (Wildman–Crippen LogP) is 3.19. The fourth-order valence-electron chi connectivity index (χ4n) is 3.68. The number of aryl methyl sites for hydroxylation is 1. The third-order valence-corrected chi connectivity index (χ3v) is 5.64. The quantitative estimate of drug-likeness (QED) is 0.810. The highest BCUT2D eigenvalue weighted by atomic mass is 35.5. The molecule has 4 rings (SSSR count). The zero-order valence-electron chi connectivity index (χ0n) is 16.2. The molecule has 3 atom stereocenters. The Hall–Kier alpha value is -2.09. The van der Waals surface area contributed by atoms with Gasteiger partial charge in [-0.2, -0.15) is 4.98 Å². The van der Waals surface area contributed by atoms with Gasteiger partial charge >= 0.3 is 0 Å². The lowest BCUT2D eigenvalue weighted by Crippen LogP contribution is -2.48. The Morgan fingerprint density at radius 2 is 2.11 bits per heavy atom. The van der Waals surface area contributed by atoms with Crippen molar-refractivity contribution in [2.24, 2.45) is 0 Å². The van der Waals surface area contributed by atoms with Gasteiger partial charge in [-0.25, -0.2) is 4.98 Å². The van der Waals surface area contributed by atoms with Crippen molar-refractivity contribution in [3.63, 3.8) is 0 Å². The molecule has 2 aliphatic rings. The van der Waals surface area contributed by atoms with Crippen molar-refractivity contribution in [2.75, 3.05) is 42.3 Å². The van der Waals surface area contributed by atoms with Gasteiger partial charge in [0.2, 0.25) is 5.95 Å². The second kappa shape index (κ2) is 8.11. The van der Waals surface area contributed by atoms with E-state index in [0.29, 0.717) is 24.3 Å². The number of nitrogen functional groups attached to an aromatic ring is 1. The number of anilines is 3. The molecule has 150 valence electrons. The predicted molar refractivity (Wildman–Crippen MR) is 111 cm³/mol. The maximum Gasteiger partial charge on any atom is 0.222 e. The van der Waals surface area contributed by atoms with E-state index in [9.17, 15) is 0 Å². The Kier molecular flexibility index (Phi) is 5.57. The van der Waals surface area contributed by atoms with E-state index in [2.05, 4.69) is 39.2 Å². The molecule has 0 bridgehead atoms. The minimum Gasteiger partial charge on any atom is -0.379 e. The van der Waals surface area contributed by atoms with Gasteiger partial charge in [-0.05, 0) is 38.0 Å². The molecule has 2 fully saturated rings. The molecule has 0 unspecified atom stereocenters. The summed E-state index contributed by atoms with van der Waals surface area (Å²) in [4.78, 5) is 10.9. The van der Waals surface area contributed by atoms with Crippen LogP contribution in [0.5, 0.6) is 0 Å². The average molecular weight is 404 g/mol. The van der Waals surface area contributed by atoms with Crippen molar-refractivity contribution in [1.29, 1.82) is 0 Å². The molecular formula is C20H26ClN5O2. The van der Waals surface area contributed by atoms with Gasteiger partial charge < -0.3 is 25.4 Å². The van der Waals surface area contributed by atoms with E-state index in [1.807, 2.05) is 19.1 Å². The van der Waals surface area contributed by atoms with Crippen molar-refractivity contribution < 1.29 is 9.47 Å². The third kappa shape index (κ3) is 4.01. The summed E-state index contributed by atoms with van der Waals surface area (Å²) in [6.07, 6.45) is 1.13. The Morgan fingerprint density at radius 1 is 1.25 bits per heavy atom. The van der Waals surface area contributed by atoms with Gasteiger partial charge in [0.05, 0.1) is 31.4 Å². The highest BCUT2D eigenvalue weighted by Crippen LogP contribution is 2.35. The molecule has 2 aliphatic heterocycles. The van der Waals surface area contributed by atoms with Gasteiger partial charge in [-0.15, -0.1) is 0 Å². The van der Waals surface area contributed by atoms with Crippen LogP contribution in [0.25, 0.3) is 0 Å². The second-order valence-corrected chi connectivity index (χ2v) is 7.80. The molecule has 28 heavy (non-hydrogen) atoms. The molecule has 0 radical (unpaired) electrons. The van der Waals surface area contributed by atoms with Crippen LogP contribution >= 0.6 is 11.6 Å². The molecule has 0 aliphatic carbocycles. The molecular weight excluding hydrogens is 378 g/mol. The smallest absolute Gasteiger partial charge is 0.222 e. The van der Waals surface area contributed by atoms with Gasteiger partial charge in [0.15, 0.2) is 0 Å². The zero-order chi connectivity index (χ0) is 19.7. The molecule has 0 spiro atoms. The van der Waals surface area contributed by atoms with Crippen LogP contribution in [0.1, 0.15) is 30.6 Å². The second-order valence-electron chi connectivity index (χ2n) is 7.39. The summed E-state index contributed by atoms with van der Waals surface area (Å²) in [5.74, 6) is 1.08. The normalized spacial score (nSPS) is 25.1. The van der Waals surface area contributed by atoms with Gasteiger partial charge in [0, 0.05) is 35.6 Å². The standard InChI is InChI=1S/C20H26ClN5O2/c1-12-8-19(25-20(22)23-12)26-6-3-7-27-11-18(26)15-5-4-14(9-16(15)21)24-17-10-28-13(17)2/h4-5,8-9,13,17-18,24H,3,6-7,10-11H2,1-2H3,(H2,22,23,25)/t13-,17-,18+/m0/s1. The minimum absolute atomic E-state index is 0.0382. The highest BCUT2D eigenvalue weighted by Gasteiger charge is 2.29. The molecule has 0 saturated carbocycles. The van der Waals surface area contributed by atoms with E-state index >= 15 is 0 Å². The summed E-state index contributed by atoms with van der Waals surface area (Å²) in [6, 6.07) is 8.35. The van der Waals surface area contributed by atoms with Gasteiger partial charge in [0.1, 0.15) is 5.82 Å². The summed E-state index contributed by atoms with van der Waals surface area (Å²) in [7, 11) is 0. The first-order chi connectivity index (χ1) is 13.5. The van der Waals surface area contributed by atoms with Gasteiger partial charge in [-0.3, -0.25) is 0 Å². The molecule has 1 aromatic carbocycles. The van der Waals surface area contributed by atoms with Crippen molar-refractivity contribution in [2.45, 2.75) is 38.5 Å². The lowest BCUT2D eigenvalue weighted by molar-refractivity contribution is -0.0518. The van der Waals surface area contributed by atoms with Crippen LogP contribution in [0, 0.1) is 6.92 Å². The topological polar surface area (TPSA) is 85.5 Å². The SMILES string of the molecule is Cc1cc(N2CCCOC[C@@H]2c2ccc(N[C@H]3CO[C@H]3C)cc2Cl)nc(N)n1. The number of nitrogens with zero attached hydrogens (tertiary/aromatic N) is 3.